The third-order valence-corrected chi connectivity index (χ3v) is 7.31. The first-order valence-electron chi connectivity index (χ1n) is 6.79. The Balaban J connectivity index is 1.88. The van der Waals surface area contributed by atoms with E-state index in [2.05, 4.69) is 0 Å². The molecule has 0 spiro atoms. The van der Waals surface area contributed by atoms with Crippen molar-refractivity contribution >= 4 is 16.0 Å². The number of carbonyl (C=O) groups is 1. The van der Waals surface area contributed by atoms with Gasteiger partial charge >= 0.3 is 5.97 Å². The second kappa shape index (κ2) is 4.43. The molecule has 3 rings (SSSR count). The van der Waals surface area contributed by atoms with Crippen LogP contribution in [-0.2, 0) is 19.6 Å². The van der Waals surface area contributed by atoms with E-state index in [0.29, 0.717) is 25.9 Å². The number of aliphatic carboxylic acids is 1. The third kappa shape index (κ3) is 1.90. The standard InChI is InChI=1S/C12H19NO5S/c1-7-11(4-5-18-7)19(16,17)13-8-2-3-10(13)9(6-8)12(14)15/h7-11H,2-6H2,1H3,(H,14,15). The van der Waals surface area contributed by atoms with Crippen LogP contribution in [0.2, 0.25) is 0 Å². The van der Waals surface area contributed by atoms with Crippen LogP contribution in [0.15, 0.2) is 0 Å². The summed E-state index contributed by atoms with van der Waals surface area (Å²) in [5.41, 5.74) is 0. The van der Waals surface area contributed by atoms with Crippen molar-refractivity contribution in [1.82, 2.24) is 4.31 Å². The SMILES string of the molecule is CC1OCCC1S(=O)(=O)N1C2CCC1C(C(=O)O)C2. The lowest BCUT2D eigenvalue weighted by molar-refractivity contribution is -0.142. The zero-order valence-corrected chi connectivity index (χ0v) is 11.7. The first kappa shape index (κ1) is 13.3. The molecule has 108 valence electrons. The number of hydrogen-bond donors (Lipinski definition) is 1. The van der Waals surface area contributed by atoms with Gasteiger partial charge in [-0.1, -0.05) is 0 Å². The van der Waals surface area contributed by atoms with Crippen LogP contribution in [-0.4, -0.2) is 53.8 Å². The summed E-state index contributed by atoms with van der Waals surface area (Å²) < 4.78 is 32.3. The molecule has 3 saturated heterocycles. The van der Waals surface area contributed by atoms with Crippen LogP contribution in [0.1, 0.15) is 32.6 Å². The van der Waals surface area contributed by atoms with Crippen molar-refractivity contribution in [3.05, 3.63) is 0 Å². The lowest BCUT2D eigenvalue weighted by Gasteiger charge is -2.27. The van der Waals surface area contributed by atoms with E-state index in [-0.39, 0.29) is 18.2 Å². The van der Waals surface area contributed by atoms with Crippen molar-refractivity contribution in [2.24, 2.45) is 5.92 Å². The molecule has 6 nitrogen and oxygen atoms in total. The van der Waals surface area contributed by atoms with Gasteiger partial charge < -0.3 is 9.84 Å². The van der Waals surface area contributed by atoms with E-state index in [1.165, 1.54) is 4.31 Å². The molecular formula is C12H19NO5S. The van der Waals surface area contributed by atoms with Crippen molar-refractivity contribution < 1.29 is 23.1 Å². The Morgan fingerprint density at radius 2 is 2.05 bits per heavy atom. The number of fused-ring (bicyclic) bond motifs is 2. The van der Waals surface area contributed by atoms with Crippen LogP contribution in [0.25, 0.3) is 0 Å². The largest absolute Gasteiger partial charge is 0.481 e. The summed E-state index contributed by atoms with van der Waals surface area (Å²) in [7, 11) is -3.44. The van der Waals surface area contributed by atoms with Crippen LogP contribution >= 0.6 is 0 Å². The fourth-order valence-corrected chi connectivity index (χ4v) is 6.37. The van der Waals surface area contributed by atoms with E-state index < -0.39 is 27.2 Å². The van der Waals surface area contributed by atoms with Gasteiger partial charge in [0.2, 0.25) is 10.0 Å². The second-order valence-corrected chi connectivity index (χ2v) is 7.81. The minimum absolute atomic E-state index is 0.121. The van der Waals surface area contributed by atoms with E-state index >= 15 is 0 Å². The van der Waals surface area contributed by atoms with Gasteiger partial charge in [0.25, 0.3) is 0 Å². The smallest absolute Gasteiger partial charge is 0.308 e. The van der Waals surface area contributed by atoms with Crippen molar-refractivity contribution in [3.8, 4) is 0 Å². The van der Waals surface area contributed by atoms with Gasteiger partial charge in [0, 0.05) is 18.7 Å². The molecule has 0 aliphatic carbocycles. The van der Waals surface area contributed by atoms with Crippen molar-refractivity contribution in [2.75, 3.05) is 6.61 Å². The maximum absolute atomic E-state index is 12.7. The molecule has 7 heteroatoms. The molecule has 3 heterocycles. The van der Waals surface area contributed by atoms with Gasteiger partial charge in [-0.3, -0.25) is 4.79 Å². The summed E-state index contributed by atoms with van der Waals surface area (Å²) >= 11 is 0. The summed E-state index contributed by atoms with van der Waals surface area (Å²) in [4.78, 5) is 11.2. The fraction of sp³-hybridized carbons (Fsp3) is 0.917. The molecule has 2 bridgehead atoms. The topological polar surface area (TPSA) is 83.9 Å². The Morgan fingerprint density at radius 3 is 2.58 bits per heavy atom. The lowest BCUT2D eigenvalue weighted by Crippen LogP contribution is -2.45. The van der Waals surface area contributed by atoms with Gasteiger partial charge in [0.15, 0.2) is 0 Å². The minimum Gasteiger partial charge on any atom is -0.481 e. The Bertz CT molecular complexity index is 490. The molecule has 0 aromatic rings. The van der Waals surface area contributed by atoms with Gasteiger partial charge in [0.05, 0.1) is 12.0 Å². The monoisotopic (exact) mass is 289 g/mol. The minimum atomic E-state index is -3.44. The Kier molecular flexibility index (Phi) is 3.11. The highest BCUT2D eigenvalue weighted by atomic mass is 32.2. The molecule has 0 radical (unpaired) electrons. The molecule has 0 aromatic heterocycles. The zero-order valence-electron chi connectivity index (χ0n) is 10.9. The van der Waals surface area contributed by atoms with Crippen molar-refractivity contribution in [3.63, 3.8) is 0 Å². The highest BCUT2D eigenvalue weighted by Gasteiger charge is 2.56. The quantitative estimate of drug-likeness (QED) is 0.814. The lowest BCUT2D eigenvalue weighted by atomic mass is 9.89. The first-order chi connectivity index (χ1) is 8.93. The van der Waals surface area contributed by atoms with Gasteiger partial charge in [-0.25, -0.2) is 8.42 Å². The Hall–Kier alpha value is -0.660. The van der Waals surface area contributed by atoms with E-state index in [9.17, 15) is 18.3 Å². The number of rotatable bonds is 3. The maximum Gasteiger partial charge on any atom is 0.308 e. The Labute approximate surface area is 112 Å². The van der Waals surface area contributed by atoms with Gasteiger partial charge in [-0.05, 0) is 32.6 Å². The molecule has 0 saturated carbocycles. The fourth-order valence-electron chi connectivity index (χ4n) is 3.86. The number of nitrogens with zero attached hydrogens (tertiary/aromatic N) is 1. The van der Waals surface area contributed by atoms with Crippen LogP contribution in [0.4, 0.5) is 0 Å². The molecule has 5 atom stereocenters. The number of sulfonamides is 1. The summed E-state index contributed by atoms with van der Waals surface area (Å²) in [5, 5.41) is 8.68. The molecule has 19 heavy (non-hydrogen) atoms. The van der Waals surface area contributed by atoms with Gasteiger partial charge in [-0.2, -0.15) is 4.31 Å². The summed E-state index contributed by atoms with van der Waals surface area (Å²) in [6.45, 7) is 2.25. The molecule has 3 fully saturated rings. The molecule has 0 amide bonds. The molecular weight excluding hydrogens is 270 g/mol. The predicted octanol–water partition coefficient (Wildman–Crippen LogP) is 0.431. The normalized spacial score (nSPS) is 42.9. The maximum atomic E-state index is 12.7. The van der Waals surface area contributed by atoms with Gasteiger partial charge in [-0.15, -0.1) is 0 Å². The summed E-state index contributed by atoms with van der Waals surface area (Å²) in [6.07, 6.45) is 2.13. The molecule has 1 N–H and O–H groups in total. The molecule has 0 aromatic carbocycles. The van der Waals surface area contributed by atoms with E-state index in [4.69, 9.17) is 4.74 Å². The highest BCUT2D eigenvalue weighted by molar-refractivity contribution is 7.89. The zero-order chi connectivity index (χ0) is 13.8. The number of carboxylic acids is 1. The average Bonchev–Trinajstić information content (AvgIpc) is 3.01. The molecule has 3 aliphatic heterocycles. The predicted molar refractivity (Wildman–Crippen MR) is 67.1 cm³/mol. The molecule has 5 unspecified atom stereocenters. The van der Waals surface area contributed by atoms with Crippen LogP contribution in [0, 0.1) is 5.92 Å². The summed E-state index contributed by atoms with van der Waals surface area (Å²) in [6, 6.07) is -0.468. The Morgan fingerprint density at radius 1 is 1.32 bits per heavy atom. The van der Waals surface area contributed by atoms with Crippen LogP contribution < -0.4 is 0 Å². The number of ether oxygens (including phenoxy) is 1. The molecule has 3 aliphatic rings. The van der Waals surface area contributed by atoms with Crippen molar-refractivity contribution in [2.45, 2.75) is 56.0 Å². The highest BCUT2D eigenvalue weighted by Crippen LogP contribution is 2.45. The average molecular weight is 289 g/mol. The third-order valence-electron chi connectivity index (χ3n) is 4.77. The van der Waals surface area contributed by atoms with E-state index in [0.717, 1.165) is 6.42 Å². The van der Waals surface area contributed by atoms with Crippen molar-refractivity contribution in [1.29, 1.82) is 0 Å². The van der Waals surface area contributed by atoms with Crippen LogP contribution in [0.3, 0.4) is 0 Å². The van der Waals surface area contributed by atoms with E-state index in [1.807, 2.05) is 0 Å². The first-order valence-corrected chi connectivity index (χ1v) is 8.30. The van der Waals surface area contributed by atoms with E-state index in [1.54, 1.807) is 6.92 Å². The number of hydrogen-bond acceptors (Lipinski definition) is 4. The van der Waals surface area contributed by atoms with Crippen LogP contribution in [0.5, 0.6) is 0 Å². The van der Waals surface area contributed by atoms with Gasteiger partial charge in [0.1, 0.15) is 5.25 Å². The second-order valence-electron chi connectivity index (χ2n) is 5.76. The summed E-state index contributed by atoms with van der Waals surface area (Å²) in [5.74, 6) is -1.41. The number of carboxylic acid groups (broad SMARTS) is 1.